The SMILES string of the molecule is O=[N+]([O-])c1cc(Cl)c(Oc2cc(O)cc(Oc3c(Cl)cc([N+](=O)[O-])cc3Cl)c2O)c(Cl)c1. The highest BCUT2D eigenvalue weighted by Crippen LogP contribution is 2.49. The number of ether oxygens (including phenoxy) is 2. The number of nitrogens with zero attached hydrogens (tertiary/aromatic N) is 2. The number of nitro groups is 2. The Kier molecular flexibility index (Phi) is 6.70. The number of phenols is 2. The molecule has 0 amide bonds. The van der Waals surface area contributed by atoms with Gasteiger partial charge in [-0.05, 0) is 0 Å². The molecule has 0 heterocycles. The van der Waals surface area contributed by atoms with Crippen LogP contribution in [0.5, 0.6) is 34.5 Å². The van der Waals surface area contributed by atoms with Gasteiger partial charge in [0.1, 0.15) is 5.75 Å². The zero-order valence-electron chi connectivity index (χ0n) is 15.2. The summed E-state index contributed by atoms with van der Waals surface area (Å²) < 4.78 is 10.9. The molecule has 3 aromatic carbocycles. The summed E-state index contributed by atoms with van der Waals surface area (Å²) in [6.45, 7) is 0. The monoisotopic (exact) mass is 520 g/mol. The molecule has 166 valence electrons. The summed E-state index contributed by atoms with van der Waals surface area (Å²) in [6, 6.07) is 5.92. The molecule has 0 saturated heterocycles. The molecule has 10 nitrogen and oxygen atoms in total. The summed E-state index contributed by atoms with van der Waals surface area (Å²) >= 11 is 24.0. The minimum Gasteiger partial charge on any atom is -0.508 e. The second-order valence-electron chi connectivity index (χ2n) is 5.99. The van der Waals surface area contributed by atoms with E-state index >= 15 is 0 Å². The molecule has 0 aliphatic heterocycles. The van der Waals surface area contributed by atoms with Crippen LogP contribution in [0, 0.1) is 20.2 Å². The van der Waals surface area contributed by atoms with Gasteiger partial charge in [0.2, 0.25) is 5.75 Å². The molecule has 0 fully saturated rings. The lowest BCUT2D eigenvalue weighted by molar-refractivity contribution is -0.385. The zero-order chi connectivity index (χ0) is 23.7. The fourth-order valence-electron chi connectivity index (χ4n) is 2.44. The molecule has 2 N–H and O–H groups in total. The summed E-state index contributed by atoms with van der Waals surface area (Å²) in [5.41, 5.74) is -0.780. The maximum absolute atomic E-state index is 10.9. The van der Waals surface area contributed by atoms with Gasteiger partial charge in [-0.25, -0.2) is 0 Å². The number of benzene rings is 3. The lowest BCUT2D eigenvalue weighted by atomic mass is 10.2. The second kappa shape index (κ2) is 9.13. The molecule has 0 spiro atoms. The second-order valence-corrected chi connectivity index (χ2v) is 7.61. The van der Waals surface area contributed by atoms with E-state index in [1.807, 2.05) is 0 Å². The van der Waals surface area contributed by atoms with E-state index in [1.54, 1.807) is 0 Å². The Morgan fingerprint density at radius 1 is 0.656 bits per heavy atom. The normalized spacial score (nSPS) is 10.6. The van der Waals surface area contributed by atoms with Gasteiger partial charge in [0.25, 0.3) is 11.4 Å². The summed E-state index contributed by atoms with van der Waals surface area (Å²) in [4.78, 5) is 20.4. The van der Waals surface area contributed by atoms with Gasteiger partial charge in [-0.15, -0.1) is 0 Å². The first-order chi connectivity index (χ1) is 15.0. The molecule has 3 rings (SSSR count). The fourth-order valence-corrected chi connectivity index (χ4v) is 3.55. The van der Waals surface area contributed by atoms with Crippen molar-refractivity contribution < 1.29 is 29.5 Å². The van der Waals surface area contributed by atoms with E-state index in [4.69, 9.17) is 55.9 Å². The lowest BCUT2D eigenvalue weighted by Crippen LogP contribution is -1.94. The number of phenolic OH excluding ortho intramolecular Hbond substituents is 2. The van der Waals surface area contributed by atoms with Gasteiger partial charge in [-0.3, -0.25) is 20.2 Å². The van der Waals surface area contributed by atoms with Crippen LogP contribution in [0.1, 0.15) is 0 Å². The molecule has 0 saturated carbocycles. The Balaban J connectivity index is 2.01. The van der Waals surface area contributed by atoms with Crippen molar-refractivity contribution in [3.8, 4) is 34.5 Å². The van der Waals surface area contributed by atoms with Crippen LogP contribution in [-0.2, 0) is 0 Å². The molecule has 3 aromatic rings. The van der Waals surface area contributed by atoms with Crippen molar-refractivity contribution >= 4 is 57.8 Å². The fraction of sp³-hybridized carbons (Fsp3) is 0. The number of hydrogen-bond acceptors (Lipinski definition) is 8. The van der Waals surface area contributed by atoms with Crippen LogP contribution < -0.4 is 9.47 Å². The topological polar surface area (TPSA) is 145 Å². The Morgan fingerprint density at radius 2 is 0.969 bits per heavy atom. The number of halogens is 4. The molecule has 0 aliphatic rings. The van der Waals surface area contributed by atoms with Crippen LogP contribution in [0.15, 0.2) is 36.4 Å². The molecule has 14 heteroatoms. The number of nitro benzene ring substituents is 2. The van der Waals surface area contributed by atoms with E-state index in [0.29, 0.717) is 0 Å². The van der Waals surface area contributed by atoms with Gasteiger partial charge in [0, 0.05) is 36.4 Å². The van der Waals surface area contributed by atoms with Crippen LogP contribution in [0.3, 0.4) is 0 Å². The van der Waals surface area contributed by atoms with Crippen LogP contribution in [0.4, 0.5) is 11.4 Å². The highest BCUT2D eigenvalue weighted by molar-refractivity contribution is 6.38. The minimum atomic E-state index is -0.711. The number of rotatable bonds is 6. The van der Waals surface area contributed by atoms with Crippen LogP contribution in [-0.4, -0.2) is 20.1 Å². The van der Waals surface area contributed by atoms with Gasteiger partial charge < -0.3 is 19.7 Å². The molecule has 32 heavy (non-hydrogen) atoms. The molecule has 0 radical (unpaired) electrons. The Morgan fingerprint density at radius 3 is 1.25 bits per heavy atom. The van der Waals surface area contributed by atoms with Crippen molar-refractivity contribution in [2.75, 3.05) is 0 Å². The first kappa shape index (κ1) is 23.5. The Hall–Kier alpha value is -3.18. The molecule has 0 aromatic heterocycles. The van der Waals surface area contributed by atoms with E-state index in [1.165, 1.54) is 0 Å². The van der Waals surface area contributed by atoms with Gasteiger partial charge in [-0.2, -0.15) is 0 Å². The zero-order valence-corrected chi connectivity index (χ0v) is 18.2. The van der Waals surface area contributed by atoms with Gasteiger partial charge >= 0.3 is 0 Å². The van der Waals surface area contributed by atoms with E-state index in [-0.39, 0.29) is 54.5 Å². The molecule has 0 atom stereocenters. The lowest BCUT2D eigenvalue weighted by Gasteiger charge is -2.15. The van der Waals surface area contributed by atoms with Crippen molar-refractivity contribution in [1.82, 2.24) is 0 Å². The predicted molar refractivity (Wildman–Crippen MR) is 116 cm³/mol. The standard InChI is InChI=1S/C18H8Cl4N2O8/c19-10-1-7(23(27)28)2-11(20)17(10)31-14-5-9(25)6-15(16(14)26)32-18-12(21)3-8(24(29)30)4-13(18)22/h1-6,25-26H. The van der Waals surface area contributed by atoms with E-state index in [9.17, 15) is 30.4 Å². The first-order valence-electron chi connectivity index (χ1n) is 8.16. The van der Waals surface area contributed by atoms with Crippen LogP contribution in [0.2, 0.25) is 20.1 Å². The summed E-state index contributed by atoms with van der Waals surface area (Å²) in [5, 5.41) is 41.4. The molecule has 0 aliphatic carbocycles. The molecule has 0 unspecified atom stereocenters. The number of aromatic hydroxyl groups is 2. The highest BCUT2D eigenvalue weighted by Gasteiger charge is 2.22. The van der Waals surface area contributed by atoms with E-state index in [2.05, 4.69) is 0 Å². The summed E-state index contributed by atoms with van der Waals surface area (Å²) in [7, 11) is 0. The Bertz CT molecular complexity index is 1130. The maximum Gasteiger partial charge on any atom is 0.272 e. The smallest absolute Gasteiger partial charge is 0.272 e. The summed E-state index contributed by atoms with van der Waals surface area (Å²) in [5.74, 6) is -2.33. The summed E-state index contributed by atoms with van der Waals surface area (Å²) in [6.07, 6.45) is 0. The van der Waals surface area contributed by atoms with Gasteiger partial charge in [-0.1, -0.05) is 46.4 Å². The largest absolute Gasteiger partial charge is 0.508 e. The van der Waals surface area contributed by atoms with Crippen LogP contribution in [0.25, 0.3) is 0 Å². The van der Waals surface area contributed by atoms with Crippen LogP contribution >= 0.6 is 46.4 Å². The third-order valence-electron chi connectivity index (χ3n) is 3.84. The predicted octanol–water partition coefficient (Wildman–Crippen LogP) is 7.11. The average Bonchev–Trinajstić information content (AvgIpc) is 2.69. The number of non-ortho nitro benzene ring substituents is 2. The highest BCUT2D eigenvalue weighted by atomic mass is 35.5. The van der Waals surface area contributed by atoms with E-state index in [0.717, 1.165) is 36.4 Å². The van der Waals surface area contributed by atoms with Crippen molar-refractivity contribution in [3.05, 3.63) is 76.7 Å². The molecular formula is C18H8Cl4N2O8. The minimum absolute atomic E-state index is 0.239. The van der Waals surface area contributed by atoms with Crippen molar-refractivity contribution in [1.29, 1.82) is 0 Å². The molecule has 0 bridgehead atoms. The quantitative estimate of drug-likeness (QED) is 0.198. The number of hydrogen-bond donors (Lipinski definition) is 2. The third kappa shape index (κ3) is 4.83. The van der Waals surface area contributed by atoms with Gasteiger partial charge in [0.15, 0.2) is 23.0 Å². The van der Waals surface area contributed by atoms with Gasteiger partial charge in [0.05, 0.1) is 29.9 Å². The Labute approximate surface area is 198 Å². The third-order valence-corrected chi connectivity index (χ3v) is 4.96. The van der Waals surface area contributed by atoms with Crippen molar-refractivity contribution in [3.63, 3.8) is 0 Å². The molecular weight excluding hydrogens is 514 g/mol. The maximum atomic E-state index is 10.9. The van der Waals surface area contributed by atoms with E-state index < -0.39 is 21.3 Å². The van der Waals surface area contributed by atoms with Crippen molar-refractivity contribution in [2.24, 2.45) is 0 Å². The average molecular weight is 522 g/mol. The first-order valence-corrected chi connectivity index (χ1v) is 9.67. The van der Waals surface area contributed by atoms with Crippen molar-refractivity contribution in [2.45, 2.75) is 0 Å².